The van der Waals surface area contributed by atoms with Crippen LogP contribution in [0, 0.1) is 0 Å². The average molecular weight is 387 g/mol. The Morgan fingerprint density at radius 2 is 1.81 bits per heavy atom. The molecule has 1 saturated heterocycles. The molecule has 2 aliphatic rings. The number of fused-ring (bicyclic) bond motifs is 1. The topological polar surface area (TPSA) is 80.3 Å². The maximum Gasteiger partial charge on any atom is 0.255 e. The van der Waals surface area contributed by atoms with E-state index in [1.165, 1.54) is 0 Å². The molecule has 1 fully saturated rings. The van der Waals surface area contributed by atoms with E-state index in [-0.39, 0.29) is 24.9 Å². The summed E-state index contributed by atoms with van der Waals surface area (Å²) in [6, 6.07) is 3.58. The molecule has 1 unspecified atom stereocenters. The van der Waals surface area contributed by atoms with Crippen molar-refractivity contribution < 1.29 is 24.1 Å². The first kappa shape index (κ1) is 20.8. The summed E-state index contributed by atoms with van der Waals surface area (Å²) in [6.07, 6.45) is 0.419. The minimum absolute atomic E-state index is 0. The van der Waals surface area contributed by atoms with Crippen LogP contribution in [-0.2, 0) is 16.1 Å². The van der Waals surface area contributed by atoms with E-state index in [9.17, 15) is 9.90 Å². The molecule has 0 aromatic heterocycles. The van der Waals surface area contributed by atoms with Crippen molar-refractivity contribution in [2.45, 2.75) is 31.1 Å². The van der Waals surface area contributed by atoms with E-state index in [1.807, 2.05) is 0 Å². The normalized spacial score (nSPS) is 21.4. The van der Waals surface area contributed by atoms with E-state index in [2.05, 4.69) is 5.32 Å². The molecule has 0 aliphatic carbocycles. The first-order valence-corrected chi connectivity index (χ1v) is 8.53. The summed E-state index contributed by atoms with van der Waals surface area (Å²) in [5.74, 6) is 1.17. The molecule has 2 heterocycles. The fourth-order valence-electron chi connectivity index (χ4n) is 3.86. The molecule has 2 N–H and O–H groups in total. The predicted molar refractivity (Wildman–Crippen MR) is 99.0 cm³/mol. The highest BCUT2D eigenvalue weighted by molar-refractivity contribution is 5.86. The van der Waals surface area contributed by atoms with Crippen molar-refractivity contribution in [3.63, 3.8) is 0 Å². The summed E-state index contributed by atoms with van der Waals surface area (Å²) in [7, 11) is 4.74. The summed E-state index contributed by atoms with van der Waals surface area (Å²) in [5.41, 5.74) is 0.658. The van der Waals surface area contributed by atoms with Gasteiger partial charge in [-0.1, -0.05) is 0 Å². The average Bonchev–Trinajstić information content (AvgIpc) is 2.66. The SMILES string of the molecule is COc1ccc(OC)c2c1CN(C(=O)C1(OC)CCNCC1)CC2O.Cl. The Balaban J connectivity index is 0.00000243. The van der Waals surface area contributed by atoms with E-state index in [0.717, 1.165) is 18.7 Å². The number of hydrogen-bond donors (Lipinski definition) is 2. The molecule has 0 bridgehead atoms. The second-order valence-corrected chi connectivity index (χ2v) is 6.51. The van der Waals surface area contributed by atoms with Crippen molar-refractivity contribution >= 4 is 18.3 Å². The van der Waals surface area contributed by atoms with Gasteiger partial charge in [-0.15, -0.1) is 12.4 Å². The first-order chi connectivity index (χ1) is 12.1. The number of amides is 1. The van der Waals surface area contributed by atoms with Crippen LogP contribution in [-0.4, -0.2) is 62.5 Å². The Bertz CT molecular complexity index is 649. The van der Waals surface area contributed by atoms with Crippen molar-refractivity contribution in [1.82, 2.24) is 10.2 Å². The van der Waals surface area contributed by atoms with Crippen molar-refractivity contribution in [3.8, 4) is 11.5 Å². The minimum atomic E-state index is -0.826. The standard InChI is InChI=1S/C18H26N2O5.ClH/c1-23-14-4-5-15(24-2)16-12(14)10-20(11-13(16)21)17(22)18(25-3)6-8-19-9-7-18;/h4-5,13,19,21H,6-11H2,1-3H3;1H. The molecule has 1 atom stereocenters. The molecule has 0 radical (unpaired) electrons. The highest BCUT2D eigenvalue weighted by atomic mass is 35.5. The molecule has 7 nitrogen and oxygen atoms in total. The van der Waals surface area contributed by atoms with E-state index in [4.69, 9.17) is 14.2 Å². The maximum absolute atomic E-state index is 13.2. The van der Waals surface area contributed by atoms with Gasteiger partial charge in [0.05, 0.1) is 27.3 Å². The highest BCUT2D eigenvalue weighted by Gasteiger charge is 2.44. The van der Waals surface area contributed by atoms with E-state index >= 15 is 0 Å². The number of aliphatic hydroxyl groups excluding tert-OH is 1. The third kappa shape index (κ3) is 3.49. The molecule has 3 rings (SSSR count). The number of rotatable bonds is 4. The molecule has 1 aromatic rings. The van der Waals surface area contributed by atoms with Crippen molar-refractivity contribution in [2.75, 3.05) is 41.0 Å². The van der Waals surface area contributed by atoms with Crippen LogP contribution in [0.3, 0.4) is 0 Å². The lowest BCUT2D eigenvalue weighted by atomic mass is 9.88. The van der Waals surface area contributed by atoms with Crippen LogP contribution in [0.2, 0.25) is 0 Å². The van der Waals surface area contributed by atoms with Gasteiger partial charge in [-0.3, -0.25) is 4.79 Å². The number of halogens is 1. The van der Waals surface area contributed by atoms with E-state index in [1.54, 1.807) is 38.4 Å². The van der Waals surface area contributed by atoms with Gasteiger partial charge in [-0.2, -0.15) is 0 Å². The van der Waals surface area contributed by atoms with Gasteiger partial charge in [0.1, 0.15) is 23.2 Å². The third-order valence-electron chi connectivity index (χ3n) is 5.27. The number of methoxy groups -OCH3 is 3. The van der Waals surface area contributed by atoms with Crippen LogP contribution >= 0.6 is 12.4 Å². The van der Waals surface area contributed by atoms with E-state index < -0.39 is 11.7 Å². The number of piperidine rings is 1. The largest absolute Gasteiger partial charge is 0.496 e. The first-order valence-electron chi connectivity index (χ1n) is 8.53. The van der Waals surface area contributed by atoms with Crippen LogP contribution in [0.5, 0.6) is 11.5 Å². The van der Waals surface area contributed by atoms with Crippen LogP contribution in [0.15, 0.2) is 12.1 Å². The van der Waals surface area contributed by atoms with Gasteiger partial charge in [-0.05, 0) is 38.1 Å². The number of ether oxygens (including phenoxy) is 3. The van der Waals surface area contributed by atoms with Crippen molar-refractivity contribution in [2.24, 2.45) is 0 Å². The maximum atomic E-state index is 13.2. The molecule has 146 valence electrons. The summed E-state index contributed by atoms with van der Waals surface area (Å²) >= 11 is 0. The molecular formula is C18H27ClN2O5. The predicted octanol–water partition coefficient (Wildman–Crippen LogP) is 1.27. The Kier molecular flexibility index (Phi) is 6.74. The number of aliphatic hydroxyl groups is 1. The van der Waals surface area contributed by atoms with Crippen LogP contribution < -0.4 is 14.8 Å². The number of carbonyl (C=O) groups is 1. The van der Waals surface area contributed by atoms with Crippen LogP contribution in [0.4, 0.5) is 0 Å². The third-order valence-corrected chi connectivity index (χ3v) is 5.27. The van der Waals surface area contributed by atoms with E-state index in [0.29, 0.717) is 36.4 Å². The summed E-state index contributed by atoms with van der Waals surface area (Å²) in [4.78, 5) is 14.9. The highest BCUT2D eigenvalue weighted by Crippen LogP contribution is 2.40. The Morgan fingerprint density at radius 1 is 1.19 bits per heavy atom. The smallest absolute Gasteiger partial charge is 0.255 e. The summed E-state index contributed by atoms with van der Waals surface area (Å²) < 4.78 is 16.5. The second kappa shape index (κ2) is 8.43. The summed E-state index contributed by atoms with van der Waals surface area (Å²) in [5, 5.41) is 13.9. The number of β-amino-alcohol motifs (C(OH)–C–C–N with tert-alkyl or cyclic N) is 1. The van der Waals surface area contributed by atoms with Gasteiger partial charge >= 0.3 is 0 Å². The number of nitrogens with zero attached hydrogens (tertiary/aromatic N) is 1. The molecule has 0 saturated carbocycles. The fraction of sp³-hybridized carbons (Fsp3) is 0.611. The molecule has 8 heteroatoms. The van der Waals surface area contributed by atoms with Gasteiger partial charge in [0.25, 0.3) is 5.91 Å². The van der Waals surface area contributed by atoms with Gasteiger partial charge in [-0.25, -0.2) is 0 Å². The lowest BCUT2D eigenvalue weighted by Crippen LogP contribution is -2.56. The lowest BCUT2D eigenvalue weighted by molar-refractivity contribution is -0.161. The van der Waals surface area contributed by atoms with Gasteiger partial charge in [0, 0.05) is 18.2 Å². The molecule has 2 aliphatic heterocycles. The van der Waals surface area contributed by atoms with Gasteiger partial charge < -0.3 is 29.5 Å². The zero-order chi connectivity index (χ0) is 18.0. The van der Waals surface area contributed by atoms with Crippen molar-refractivity contribution in [3.05, 3.63) is 23.3 Å². The van der Waals surface area contributed by atoms with Crippen LogP contribution in [0.25, 0.3) is 0 Å². The molecule has 26 heavy (non-hydrogen) atoms. The minimum Gasteiger partial charge on any atom is -0.496 e. The quantitative estimate of drug-likeness (QED) is 0.811. The number of carbonyl (C=O) groups excluding carboxylic acids is 1. The molecule has 0 spiro atoms. The van der Waals surface area contributed by atoms with Gasteiger partial charge in [0.15, 0.2) is 0 Å². The van der Waals surface area contributed by atoms with Crippen LogP contribution in [0.1, 0.15) is 30.1 Å². The number of benzene rings is 1. The Hall–Kier alpha value is -1.54. The molecule has 1 amide bonds. The monoisotopic (exact) mass is 386 g/mol. The number of nitrogens with one attached hydrogen (secondary N) is 1. The zero-order valence-electron chi connectivity index (χ0n) is 15.4. The van der Waals surface area contributed by atoms with Gasteiger partial charge in [0.2, 0.25) is 0 Å². The molecular weight excluding hydrogens is 360 g/mol. The van der Waals surface area contributed by atoms with Crippen molar-refractivity contribution in [1.29, 1.82) is 0 Å². The second-order valence-electron chi connectivity index (χ2n) is 6.51. The lowest BCUT2D eigenvalue weighted by Gasteiger charge is -2.41. The summed E-state index contributed by atoms with van der Waals surface area (Å²) in [6.45, 7) is 2.06. The number of hydrogen-bond acceptors (Lipinski definition) is 6. The molecule has 1 aromatic carbocycles. The zero-order valence-corrected chi connectivity index (χ0v) is 16.2. The fourth-order valence-corrected chi connectivity index (χ4v) is 3.86. The Morgan fingerprint density at radius 3 is 2.38 bits per heavy atom. The Labute approximate surface area is 160 Å².